The fourth-order valence-electron chi connectivity index (χ4n) is 1.86. The molecule has 2 N–H and O–H groups in total. The average molecular weight is 273 g/mol. The molecule has 0 aromatic heterocycles. The van der Waals surface area contributed by atoms with E-state index in [2.05, 4.69) is 5.32 Å². The van der Waals surface area contributed by atoms with Crippen molar-refractivity contribution in [2.24, 2.45) is 5.41 Å². The lowest BCUT2D eigenvalue weighted by molar-refractivity contribution is -0.137. The van der Waals surface area contributed by atoms with Crippen molar-refractivity contribution >= 4 is 5.91 Å². The van der Waals surface area contributed by atoms with Gasteiger partial charge in [0.2, 0.25) is 0 Å². The minimum atomic E-state index is -4.55. The van der Waals surface area contributed by atoms with Crippen LogP contribution in [-0.2, 0) is 6.18 Å². The maximum Gasteiger partial charge on any atom is 0.417 e. The molecule has 0 saturated heterocycles. The lowest BCUT2D eigenvalue weighted by Gasteiger charge is -2.15. The van der Waals surface area contributed by atoms with Crippen LogP contribution in [0.15, 0.2) is 24.3 Å². The van der Waals surface area contributed by atoms with Gasteiger partial charge in [-0.2, -0.15) is 13.2 Å². The van der Waals surface area contributed by atoms with E-state index in [1.807, 2.05) is 0 Å². The third-order valence-corrected chi connectivity index (χ3v) is 3.39. The molecule has 3 nitrogen and oxygen atoms in total. The molecule has 1 saturated carbocycles. The van der Waals surface area contributed by atoms with Crippen molar-refractivity contribution in [3.63, 3.8) is 0 Å². The summed E-state index contributed by atoms with van der Waals surface area (Å²) in [6.07, 6.45) is -2.99. The predicted octanol–water partition coefficient (Wildman–Crippen LogP) is 2.21. The number of aliphatic hydroxyl groups excluding tert-OH is 1. The van der Waals surface area contributed by atoms with Crippen LogP contribution in [0.1, 0.15) is 28.8 Å². The molecule has 0 radical (unpaired) electrons. The molecular formula is C13H14F3NO2. The largest absolute Gasteiger partial charge is 0.417 e. The van der Waals surface area contributed by atoms with Crippen LogP contribution in [0.4, 0.5) is 13.2 Å². The average Bonchev–Trinajstić information content (AvgIpc) is 3.16. The van der Waals surface area contributed by atoms with Crippen molar-refractivity contribution in [1.82, 2.24) is 5.32 Å². The van der Waals surface area contributed by atoms with Crippen LogP contribution >= 0.6 is 0 Å². The SMILES string of the molecule is O=C(NCC1(CO)CC1)c1ccccc1C(F)(F)F. The van der Waals surface area contributed by atoms with Crippen LogP contribution in [0.25, 0.3) is 0 Å². The van der Waals surface area contributed by atoms with Gasteiger partial charge < -0.3 is 10.4 Å². The van der Waals surface area contributed by atoms with Gasteiger partial charge in [-0.25, -0.2) is 0 Å². The Morgan fingerprint density at radius 3 is 2.47 bits per heavy atom. The van der Waals surface area contributed by atoms with E-state index in [0.29, 0.717) is 0 Å². The van der Waals surface area contributed by atoms with Gasteiger partial charge in [0.05, 0.1) is 17.7 Å². The Morgan fingerprint density at radius 1 is 1.32 bits per heavy atom. The molecule has 1 fully saturated rings. The molecule has 2 rings (SSSR count). The molecule has 19 heavy (non-hydrogen) atoms. The highest BCUT2D eigenvalue weighted by Crippen LogP contribution is 2.44. The first-order valence-corrected chi connectivity index (χ1v) is 5.93. The number of carbonyl (C=O) groups excluding carboxylic acids is 1. The van der Waals surface area contributed by atoms with Crippen molar-refractivity contribution in [3.8, 4) is 0 Å². The Morgan fingerprint density at radius 2 is 1.95 bits per heavy atom. The Balaban J connectivity index is 2.11. The second-order valence-corrected chi connectivity index (χ2v) is 4.88. The summed E-state index contributed by atoms with van der Waals surface area (Å²) in [4.78, 5) is 11.8. The number of nitrogens with one attached hydrogen (secondary N) is 1. The molecule has 1 aromatic carbocycles. The minimum absolute atomic E-state index is 0.0613. The lowest BCUT2D eigenvalue weighted by atomic mass is 10.1. The van der Waals surface area contributed by atoms with Crippen molar-refractivity contribution in [2.45, 2.75) is 19.0 Å². The number of hydrogen-bond acceptors (Lipinski definition) is 2. The number of aliphatic hydroxyl groups is 1. The van der Waals surface area contributed by atoms with E-state index in [1.54, 1.807) is 0 Å². The standard InChI is InChI=1S/C13H14F3NO2/c14-13(15,16)10-4-2-1-3-9(10)11(19)17-7-12(8-18)5-6-12/h1-4,18H,5-8H2,(H,17,19). The zero-order chi connectivity index (χ0) is 14.1. The maximum atomic E-state index is 12.7. The number of hydrogen-bond donors (Lipinski definition) is 2. The van der Waals surface area contributed by atoms with Crippen LogP contribution in [0.3, 0.4) is 0 Å². The van der Waals surface area contributed by atoms with E-state index in [-0.39, 0.29) is 24.1 Å². The number of benzene rings is 1. The molecule has 6 heteroatoms. The molecule has 0 unspecified atom stereocenters. The topological polar surface area (TPSA) is 49.3 Å². The van der Waals surface area contributed by atoms with Gasteiger partial charge in [0.15, 0.2) is 0 Å². The van der Waals surface area contributed by atoms with Crippen LogP contribution in [0.5, 0.6) is 0 Å². The van der Waals surface area contributed by atoms with Crippen LogP contribution < -0.4 is 5.32 Å². The van der Waals surface area contributed by atoms with Gasteiger partial charge >= 0.3 is 6.18 Å². The fraction of sp³-hybridized carbons (Fsp3) is 0.462. The molecule has 1 aromatic rings. The number of alkyl halides is 3. The van der Waals surface area contributed by atoms with Gasteiger partial charge in [-0.05, 0) is 25.0 Å². The summed E-state index contributed by atoms with van der Waals surface area (Å²) in [5, 5.41) is 11.6. The maximum absolute atomic E-state index is 12.7. The molecule has 0 spiro atoms. The Hall–Kier alpha value is -1.56. The van der Waals surface area contributed by atoms with E-state index in [0.717, 1.165) is 25.0 Å². The first-order valence-electron chi connectivity index (χ1n) is 5.93. The van der Waals surface area contributed by atoms with Gasteiger partial charge in [0.1, 0.15) is 0 Å². The Bertz CT molecular complexity index is 481. The van der Waals surface area contributed by atoms with Crippen LogP contribution in [0.2, 0.25) is 0 Å². The van der Waals surface area contributed by atoms with Crippen molar-refractivity contribution in [3.05, 3.63) is 35.4 Å². The summed E-state index contributed by atoms with van der Waals surface area (Å²) in [5.74, 6) is -0.757. The molecule has 0 atom stereocenters. The van der Waals surface area contributed by atoms with E-state index in [1.165, 1.54) is 12.1 Å². The van der Waals surface area contributed by atoms with Crippen LogP contribution in [0, 0.1) is 5.41 Å². The van der Waals surface area contributed by atoms with Gasteiger partial charge in [0, 0.05) is 12.0 Å². The van der Waals surface area contributed by atoms with Gasteiger partial charge in [-0.3, -0.25) is 4.79 Å². The van der Waals surface area contributed by atoms with Gasteiger partial charge in [-0.15, -0.1) is 0 Å². The summed E-state index contributed by atoms with van der Waals surface area (Å²) >= 11 is 0. The third-order valence-electron chi connectivity index (χ3n) is 3.39. The molecule has 104 valence electrons. The van der Waals surface area contributed by atoms with Crippen LogP contribution in [-0.4, -0.2) is 24.2 Å². The summed E-state index contributed by atoms with van der Waals surface area (Å²) in [6, 6.07) is 4.67. The number of amides is 1. The first-order chi connectivity index (χ1) is 8.88. The molecular weight excluding hydrogens is 259 g/mol. The van der Waals surface area contributed by atoms with Crippen molar-refractivity contribution < 1.29 is 23.1 Å². The monoisotopic (exact) mass is 273 g/mol. The minimum Gasteiger partial charge on any atom is -0.396 e. The number of rotatable bonds is 4. The molecule has 0 aliphatic heterocycles. The molecule has 1 aliphatic carbocycles. The van der Waals surface area contributed by atoms with E-state index in [4.69, 9.17) is 5.11 Å². The predicted molar refractivity (Wildman–Crippen MR) is 62.5 cm³/mol. The highest BCUT2D eigenvalue weighted by molar-refractivity contribution is 5.95. The normalized spacial score (nSPS) is 17.1. The van der Waals surface area contributed by atoms with Gasteiger partial charge in [0.25, 0.3) is 5.91 Å². The van der Waals surface area contributed by atoms with Crippen molar-refractivity contribution in [1.29, 1.82) is 0 Å². The Kier molecular flexibility index (Phi) is 3.54. The number of carbonyl (C=O) groups is 1. The van der Waals surface area contributed by atoms with E-state index < -0.39 is 17.6 Å². The highest BCUT2D eigenvalue weighted by atomic mass is 19.4. The smallest absolute Gasteiger partial charge is 0.396 e. The second kappa shape index (κ2) is 4.85. The van der Waals surface area contributed by atoms with E-state index >= 15 is 0 Å². The third kappa shape index (κ3) is 3.07. The zero-order valence-corrected chi connectivity index (χ0v) is 10.1. The quantitative estimate of drug-likeness (QED) is 0.883. The fourth-order valence-corrected chi connectivity index (χ4v) is 1.86. The molecule has 1 amide bonds. The van der Waals surface area contributed by atoms with Crippen molar-refractivity contribution in [2.75, 3.05) is 13.2 Å². The second-order valence-electron chi connectivity index (χ2n) is 4.88. The summed E-state index contributed by atoms with van der Waals surface area (Å²) in [5.41, 5.74) is -1.66. The summed E-state index contributed by atoms with van der Waals surface area (Å²) < 4.78 is 38.2. The number of halogens is 3. The van der Waals surface area contributed by atoms with E-state index in [9.17, 15) is 18.0 Å². The Labute approximate surface area is 108 Å². The molecule has 0 bridgehead atoms. The van der Waals surface area contributed by atoms with Gasteiger partial charge in [-0.1, -0.05) is 12.1 Å². The first kappa shape index (κ1) is 13.9. The highest BCUT2D eigenvalue weighted by Gasteiger charge is 2.42. The molecule has 1 aliphatic rings. The summed E-state index contributed by atoms with van der Waals surface area (Å²) in [6.45, 7) is 0.142. The zero-order valence-electron chi connectivity index (χ0n) is 10.1. The summed E-state index contributed by atoms with van der Waals surface area (Å²) in [7, 11) is 0. The lowest BCUT2D eigenvalue weighted by Crippen LogP contribution is -2.33. The molecule has 0 heterocycles.